The van der Waals surface area contributed by atoms with Crippen LogP contribution in [0.15, 0.2) is 53.1 Å². The van der Waals surface area contributed by atoms with Crippen LogP contribution in [0.3, 0.4) is 0 Å². The summed E-state index contributed by atoms with van der Waals surface area (Å²) >= 11 is 0. The van der Waals surface area contributed by atoms with Gasteiger partial charge in [0.1, 0.15) is 25.1 Å². The molecule has 2 unspecified atom stereocenters. The quantitative estimate of drug-likeness (QED) is 0.624. The molecule has 0 bridgehead atoms. The number of halogens is 1. The van der Waals surface area contributed by atoms with Gasteiger partial charge in [-0.25, -0.2) is 4.39 Å². The van der Waals surface area contributed by atoms with Crippen molar-refractivity contribution in [3.63, 3.8) is 0 Å². The number of methoxy groups -OCH3 is 1. The fraction of sp³-hybridized carbons (Fsp3) is 0.333. The smallest absolute Gasteiger partial charge is 0.240 e. The molecule has 0 amide bonds. The summed E-state index contributed by atoms with van der Waals surface area (Å²) in [5.41, 5.74) is 0.983. The zero-order chi connectivity index (χ0) is 20.1. The van der Waals surface area contributed by atoms with Crippen molar-refractivity contribution in [3.05, 3.63) is 71.6 Å². The average Bonchev–Trinajstić information content (AvgIpc) is 3.20. The number of fused-ring (bicyclic) bond motifs is 1. The average molecular weight is 399 g/mol. The second kappa shape index (κ2) is 9.02. The maximum atomic E-state index is 13.3. The Labute approximate surface area is 167 Å². The predicted molar refractivity (Wildman–Crippen MR) is 102 cm³/mol. The molecule has 8 heteroatoms. The summed E-state index contributed by atoms with van der Waals surface area (Å²) in [7, 11) is 1.57. The number of aromatic nitrogens is 2. The molecule has 1 aliphatic heterocycles. The second-order valence-electron chi connectivity index (χ2n) is 6.77. The van der Waals surface area contributed by atoms with Gasteiger partial charge in [-0.2, -0.15) is 4.98 Å². The summed E-state index contributed by atoms with van der Waals surface area (Å²) in [6, 6.07) is 13.9. The van der Waals surface area contributed by atoms with Crippen molar-refractivity contribution in [1.29, 1.82) is 0 Å². The van der Waals surface area contributed by atoms with E-state index in [0.717, 1.165) is 11.3 Å². The minimum atomic E-state index is -0.263. The lowest BCUT2D eigenvalue weighted by Gasteiger charge is -2.32. The molecule has 0 fully saturated rings. The Kier molecular flexibility index (Phi) is 6.02. The zero-order valence-corrected chi connectivity index (χ0v) is 16.0. The molecule has 29 heavy (non-hydrogen) atoms. The van der Waals surface area contributed by atoms with Crippen molar-refractivity contribution in [3.8, 4) is 11.5 Å². The van der Waals surface area contributed by atoms with Gasteiger partial charge in [0, 0.05) is 7.11 Å². The number of ether oxygens (including phenoxy) is 3. The van der Waals surface area contributed by atoms with Gasteiger partial charge in [-0.1, -0.05) is 29.4 Å². The predicted octanol–water partition coefficient (Wildman–Crippen LogP) is 2.90. The van der Waals surface area contributed by atoms with Gasteiger partial charge in [0.25, 0.3) is 0 Å². The summed E-state index contributed by atoms with van der Waals surface area (Å²) in [5, 5.41) is 7.29. The van der Waals surface area contributed by atoms with E-state index in [-0.39, 0.29) is 18.0 Å². The van der Waals surface area contributed by atoms with Crippen LogP contribution < -0.4 is 14.8 Å². The molecule has 7 nitrogen and oxygen atoms in total. The molecule has 4 rings (SSSR count). The van der Waals surface area contributed by atoms with E-state index in [0.29, 0.717) is 43.6 Å². The Hall–Kier alpha value is -2.97. The van der Waals surface area contributed by atoms with Crippen molar-refractivity contribution >= 4 is 0 Å². The minimum Gasteiger partial charge on any atom is -0.486 e. The first-order valence-electron chi connectivity index (χ1n) is 9.38. The van der Waals surface area contributed by atoms with Crippen molar-refractivity contribution in [2.45, 2.75) is 31.7 Å². The van der Waals surface area contributed by atoms with E-state index in [9.17, 15) is 4.39 Å². The van der Waals surface area contributed by atoms with E-state index < -0.39 is 0 Å². The number of rotatable bonds is 8. The molecule has 0 saturated carbocycles. The summed E-state index contributed by atoms with van der Waals surface area (Å²) in [5.74, 6) is 2.12. The fourth-order valence-corrected chi connectivity index (χ4v) is 3.21. The molecule has 2 aromatic carbocycles. The SMILES string of the molecule is COCc1noc(CNC(Cc2ccc(F)cc2)C2COc3ccccc3O2)n1. The highest BCUT2D eigenvalue weighted by atomic mass is 19.1. The lowest BCUT2D eigenvalue weighted by atomic mass is 10.0. The molecular formula is C21H22FN3O4. The lowest BCUT2D eigenvalue weighted by molar-refractivity contribution is 0.0605. The largest absolute Gasteiger partial charge is 0.486 e. The topological polar surface area (TPSA) is 78.6 Å². The normalized spacial score (nSPS) is 16.6. The number of para-hydroxylation sites is 2. The number of hydrogen-bond acceptors (Lipinski definition) is 7. The maximum absolute atomic E-state index is 13.3. The summed E-state index contributed by atoms with van der Waals surface area (Å²) < 4.78 is 35.6. The highest BCUT2D eigenvalue weighted by molar-refractivity contribution is 5.41. The highest BCUT2D eigenvalue weighted by Gasteiger charge is 2.29. The summed E-state index contributed by atoms with van der Waals surface area (Å²) in [6.07, 6.45) is 0.381. The van der Waals surface area contributed by atoms with E-state index in [2.05, 4.69) is 15.5 Å². The van der Waals surface area contributed by atoms with E-state index in [1.807, 2.05) is 24.3 Å². The third kappa shape index (κ3) is 4.90. The van der Waals surface area contributed by atoms with Crippen molar-refractivity contribution in [2.75, 3.05) is 13.7 Å². The van der Waals surface area contributed by atoms with Gasteiger partial charge < -0.3 is 24.1 Å². The van der Waals surface area contributed by atoms with Crippen molar-refractivity contribution < 1.29 is 23.1 Å². The monoisotopic (exact) mass is 399 g/mol. The first kappa shape index (κ1) is 19.4. The van der Waals surface area contributed by atoms with Crippen molar-refractivity contribution in [1.82, 2.24) is 15.5 Å². The van der Waals surface area contributed by atoms with Crippen molar-refractivity contribution in [2.24, 2.45) is 0 Å². The Bertz CT molecular complexity index is 932. The van der Waals surface area contributed by atoms with Gasteiger partial charge in [-0.05, 0) is 36.2 Å². The summed E-state index contributed by atoms with van der Waals surface area (Å²) in [6.45, 7) is 1.05. The molecule has 1 aromatic heterocycles. The van der Waals surface area contributed by atoms with E-state index in [1.165, 1.54) is 12.1 Å². The second-order valence-corrected chi connectivity index (χ2v) is 6.77. The minimum absolute atomic E-state index is 0.119. The van der Waals surface area contributed by atoms with E-state index in [1.54, 1.807) is 19.2 Å². The Morgan fingerprint density at radius 2 is 1.97 bits per heavy atom. The molecule has 0 saturated heterocycles. The Balaban J connectivity index is 1.48. The van der Waals surface area contributed by atoms with E-state index in [4.69, 9.17) is 18.7 Å². The molecular weight excluding hydrogens is 377 g/mol. The maximum Gasteiger partial charge on any atom is 0.240 e. The number of nitrogens with one attached hydrogen (secondary N) is 1. The fourth-order valence-electron chi connectivity index (χ4n) is 3.21. The van der Waals surface area contributed by atoms with Crippen LogP contribution >= 0.6 is 0 Å². The number of benzene rings is 2. The third-order valence-corrected chi connectivity index (χ3v) is 4.65. The molecule has 0 spiro atoms. The first-order chi connectivity index (χ1) is 14.2. The number of nitrogens with zero attached hydrogens (tertiary/aromatic N) is 2. The molecule has 1 aliphatic rings. The van der Waals surface area contributed by atoms with Crippen LogP contribution in [-0.2, 0) is 24.3 Å². The zero-order valence-electron chi connectivity index (χ0n) is 16.0. The van der Waals surface area contributed by atoms with Crippen LogP contribution in [0, 0.1) is 5.82 Å². The molecule has 2 heterocycles. The van der Waals surface area contributed by atoms with Gasteiger partial charge in [0.05, 0.1) is 12.6 Å². The third-order valence-electron chi connectivity index (χ3n) is 4.65. The molecule has 3 aromatic rings. The highest BCUT2D eigenvalue weighted by Crippen LogP contribution is 2.32. The van der Waals surface area contributed by atoms with Crippen LogP contribution in [0.25, 0.3) is 0 Å². The van der Waals surface area contributed by atoms with Crippen LogP contribution in [0.5, 0.6) is 11.5 Å². The van der Waals surface area contributed by atoms with Crippen LogP contribution in [-0.4, -0.2) is 36.0 Å². The van der Waals surface area contributed by atoms with Gasteiger partial charge >= 0.3 is 0 Å². The summed E-state index contributed by atoms with van der Waals surface area (Å²) in [4.78, 5) is 4.28. The Morgan fingerprint density at radius 1 is 1.17 bits per heavy atom. The Morgan fingerprint density at radius 3 is 2.76 bits per heavy atom. The first-order valence-corrected chi connectivity index (χ1v) is 9.38. The van der Waals surface area contributed by atoms with Gasteiger partial charge in [0.2, 0.25) is 5.89 Å². The lowest BCUT2D eigenvalue weighted by Crippen LogP contribution is -2.48. The van der Waals surface area contributed by atoms with Crippen LogP contribution in [0.2, 0.25) is 0 Å². The van der Waals surface area contributed by atoms with Gasteiger partial charge in [-0.3, -0.25) is 0 Å². The van der Waals surface area contributed by atoms with Gasteiger partial charge in [-0.15, -0.1) is 0 Å². The molecule has 1 N–H and O–H groups in total. The molecule has 0 radical (unpaired) electrons. The number of hydrogen-bond donors (Lipinski definition) is 1. The van der Waals surface area contributed by atoms with E-state index >= 15 is 0 Å². The molecule has 152 valence electrons. The molecule has 0 aliphatic carbocycles. The van der Waals surface area contributed by atoms with Crippen LogP contribution in [0.1, 0.15) is 17.3 Å². The standard InChI is InChI=1S/C21H22FN3O4/c1-26-13-20-24-21(29-25-20)11-23-16(10-14-6-8-15(22)9-7-14)19-12-27-17-4-2-3-5-18(17)28-19/h2-9,16,19,23H,10-13H2,1H3. The van der Waals surface area contributed by atoms with Gasteiger partial charge in [0.15, 0.2) is 17.3 Å². The molecule has 2 atom stereocenters. The van der Waals surface area contributed by atoms with Crippen LogP contribution in [0.4, 0.5) is 4.39 Å².